The number of carbonyl (C=O) groups excluding carboxylic acids is 1. The molecule has 1 fully saturated rings. The lowest BCUT2D eigenvalue weighted by Crippen LogP contribution is -2.38. The van der Waals surface area contributed by atoms with Gasteiger partial charge in [-0.1, -0.05) is 35.9 Å². The number of anilines is 1. The summed E-state index contributed by atoms with van der Waals surface area (Å²) < 4.78 is 0. The molecule has 1 N–H and O–H groups in total. The SMILES string of the molecule is Cc1nc(C)c(CN2CCC(C(=O)Nc3cccc(-c4cccc(Cl)c4)c3)CC2)nc1C. The molecule has 166 valence electrons. The molecule has 1 amide bonds. The number of likely N-dealkylation sites (tertiary alicyclic amines) is 1. The summed E-state index contributed by atoms with van der Waals surface area (Å²) in [5.41, 5.74) is 6.88. The Morgan fingerprint density at radius 1 is 0.969 bits per heavy atom. The fraction of sp³-hybridized carbons (Fsp3) is 0.346. The Labute approximate surface area is 194 Å². The van der Waals surface area contributed by atoms with Crippen LogP contribution in [0.25, 0.3) is 11.1 Å². The number of hydrogen-bond acceptors (Lipinski definition) is 4. The van der Waals surface area contributed by atoms with E-state index >= 15 is 0 Å². The second-order valence-electron chi connectivity index (χ2n) is 8.56. The van der Waals surface area contributed by atoms with E-state index in [1.807, 2.05) is 69.3 Å². The fourth-order valence-electron chi connectivity index (χ4n) is 4.16. The molecule has 4 rings (SSSR count). The number of nitrogens with one attached hydrogen (secondary N) is 1. The number of amides is 1. The van der Waals surface area contributed by atoms with Crippen LogP contribution < -0.4 is 5.32 Å². The summed E-state index contributed by atoms with van der Waals surface area (Å²) >= 11 is 6.13. The number of piperidine rings is 1. The van der Waals surface area contributed by atoms with Gasteiger partial charge in [0.15, 0.2) is 0 Å². The van der Waals surface area contributed by atoms with E-state index in [-0.39, 0.29) is 11.8 Å². The molecule has 0 radical (unpaired) electrons. The average molecular weight is 449 g/mol. The number of nitrogens with zero attached hydrogens (tertiary/aromatic N) is 3. The minimum atomic E-state index is 0.0213. The lowest BCUT2D eigenvalue weighted by Gasteiger charge is -2.31. The van der Waals surface area contributed by atoms with Crippen LogP contribution in [0, 0.1) is 26.7 Å². The van der Waals surface area contributed by atoms with Crippen LogP contribution in [-0.2, 0) is 11.3 Å². The molecule has 0 atom stereocenters. The Kier molecular flexibility index (Phi) is 6.87. The zero-order chi connectivity index (χ0) is 22.7. The monoisotopic (exact) mass is 448 g/mol. The Morgan fingerprint density at radius 3 is 2.34 bits per heavy atom. The number of benzene rings is 2. The molecule has 6 heteroatoms. The van der Waals surface area contributed by atoms with Crippen LogP contribution in [0.1, 0.15) is 35.6 Å². The van der Waals surface area contributed by atoms with Crippen LogP contribution in [0.4, 0.5) is 5.69 Å². The molecule has 1 aliphatic heterocycles. The van der Waals surface area contributed by atoms with Gasteiger partial charge in [0, 0.05) is 23.2 Å². The van der Waals surface area contributed by atoms with Gasteiger partial charge < -0.3 is 5.32 Å². The molecule has 1 saturated heterocycles. The summed E-state index contributed by atoms with van der Waals surface area (Å²) in [6.07, 6.45) is 1.69. The maximum absolute atomic E-state index is 12.9. The van der Waals surface area contributed by atoms with Crippen LogP contribution in [0.2, 0.25) is 5.02 Å². The first-order valence-electron chi connectivity index (χ1n) is 11.1. The van der Waals surface area contributed by atoms with E-state index in [1.165, 1.54) is 0 Å². The van der Waals surface area contributed by atoms with E-state index in [1.54, 1.807) is 0 Å². The predicted octanol–water partition coefficient (Wildman–Crippen LogP) is 5.57. The molecule has 0 unspecified atom stereocenters. The summed E-state index contributed by atoms with van der Waals surface area (Å²) in [6, 6.07) is 15.7. The van der Waals surface area contributed by atoms with Crippen molar-refractivity contribution >= 4 is 23.2 Å². The second kappa shape index (κ2) is 9.80. The predicted molar refractivity (Wildman–Crippen MR) is 130 cm³/mol. The van der Waals surface area contributed by atoms with Crippen molar-refractivity contribution in [2.45, 2.75) is 40.2 Å². The summed E-state index contributed by atoms with van der Waals surface area (Å²) in [7, 11) is 0. The number of carbonyl (C=O) groups is 1. The van der Waals surface area contributed by atoms with Gasteiger partial charge in [-0.05, 0) is 82.1 Å². The third kappa shape index (κ3) is 5.34. The third-order valence-electron chi connectivity index (χ3n) is 6.20. The van der Waals surface area contributed by atoms with E-state index in [0.717, 1.165) is 72.1 Å². The zero-order valence-corrected chi connectivity index (χ0v) is 19.6. The van der Waals surface area contributed by atoms with Gasteiger partial charge in [-0.25, -0.2) is 0 Å². The average Bonchev–Trinajstić information content (AvgIpc) is 2.78. The quantitative estimate of drug-likeness (QED) is 0.554. The molecule has 2 heterocycles. The molecule has 0 bridgehead atoms. The highest BCUT2D eigenvalue weighted by molar-refractivity contribution is 6.30. The Balaban J connectivity index is 1.34. The highest BCUT2D eigenvalue weighted by Gasteiger charge is 2.25. The van der Waals surface area contributed by atoms with Crippen molar-refractivity contribution < 1.29 is 4.79 Å². The lowest BCUT2D eigenvalue weighted by molar-refractivity contribution is -0.121. The molecule has 32 heavy (non-hydrogen) atoms. The van der Waals surface area contributed by atoms with Crippen LogP contribution in [-0.4, -0.2) is 33.9 Å². The number of halogens is 1. The Morgan fingerprint density at radius 2 is 1.62 bits per heavy atom. The Hall–Kier alpha value is -2.76. The first-order valence-corrected chi connectivity index (χ1v) is 11.5. The van der Waals surface area contributed by atoms with Crippen LogP contribution in [0.5, 0.6) is 0 Å². The maximum atomic E-state index is 12.9. The van der Waals surface area contributed by atoms with Gasteiger partial charge in [0.1, 0.15) is 0 Å². The molecular weight excluding hydrogens is 420 g/mol. The van der Waals surface area contributed by atoms with Gasteiger partial charge in [0.2, 0.25) is 5.91 Å². The molecule has 1 aliphatic rings. The topological polar surface area (TPSA) is 58.1 Å². The number of aryl methyl sites for hydroxylation is 3. The van der Waals surface area contributed by atoms with Crippen molar-refractivity contribution in [2.75, 3.05) is 18.4 Å². The van der Waals surface area contributed by atoms with Crippen LogP contribution in [0.15, 0.2) is 48.5 Å². The summed E-state index contributed by atoms with van der Waals surface area (Å²) in [5.74, 6) is 0.114. The van der Waals surface area contributed by atoms with Gasteiger partial charge in [0.25, 0.3) is 0 Å². The molecule has 3 aromatic rings. The number of hydrogen-bond donors (Lipinski definition) is 1. The number of aromatic nitrogens is 2. The van der Waals surface area contributed by atoms with Crippen molar-refractivity contribution in [3.05, 3.63) is 76.3 Å². The van der Waals surface area contributed by atoms with Gasteiger partial charge in [0.05, 0.1) is 22.8 Å². The molecule has 0 saturated carbocycles. The van der Waals surface area contributed by atoms with Crippen molar-refractivity contribution in [3.63, 3.8) is 0 Å². The van der Waals surface area contributed by atoms with Gasteiger partial charge in [-0.2, -0.15) is 0 Å². The second-order valence-corrected chi connectivity index (χ2v) is 8.99. The fourth-order valence-corrected chi connectivity index (χ4v) is 4.36. The zero-order valence-electron chi connectivity index (χ0n) is 18.9. The van der Waals surface area contributed by atoms with E-state index in [4.69, 9.17) is 16.6 Å². The minimum absolute atomic E-state index is 0.0213. The van der Waals surface area contributed by atoms with E-state index in [0.29, 0.717) is 5.02 Å². The molecule has 5 nitrogen and oxygen atoms in total. The van der Waals surface area contributed by atoms with Crippen molar-refractivity contribution in [3.8, 4) is 11.1 Å². The largest absolute Gasteiger partial charge is 0.326 e. The third-order valence-corrected chi connectivity index (χ3v) is 6.43. The molecule has 0 spiro atoms. The highest BCUT2D eigenvalue weighted by Crippen LogP contribution is 2.26. The Bertz CT molecular complexity index is 1120. The normalized spacial score (nSPS) is 15.0. The van der Waals surface area contributed by atoms with Gasteiger partial charge in [-0.3, -0.25) is 19.7 Å². The highest BCUT2D eigenvalue weighted by atomic mass is 35.5. The lowest BCUT2D eigenvalue weighted by atomic mass is 9.95. The van der Waals surface area contributed by atoms with Crippen molar-refractivity contribution in [2.24, 2.45) is 5.92 Å². The molecule has 1 aromatic heterocycles. The summed E-state index contributed by atoms with van der Waals surface area (Å²) in [5, 5.41) is 3.81. The first-order chi connectivity index (χ1) is 15.4. The smallest absolute Gasteiger partial charge is 0.227 e. The van der Waals surface area contributed by atoms with E-state index in [9.17, 15) is 4.79 Å². The van der Waals surface area contributed by atoms with E-state index in [2.05, 4.69) is 15.2 Å². The molecule has 0 aliphatic carbocycles. The van der Waals surface area contributed by atoms with Crippen molar-refractivity contribution in [1.82, 2.24) is 14.9 Å². The number of rotatable bonds is 5. The van der Waals surface area contributed by atoms with Crippen molar-refractivity contribution in [1.29, 1.82) is 0 Å². The standard InChI is InChI=1S/C26H29ClN4O/c1-17-18(2)29-25(19(3)28-17)16-31-12-10-20(11-13-31)26(32)30-24-9-5-7-22(15-24)21-6-4-8-23(27)14-21/h4-9,14-15,20H,10-13,16H2,1-3H3,(H,30,32). The van der Waals surface area contributed by atoms with Crippen LogP contribution >= 0.6 is 11.6 Å². The van der Waals surface area contributed by atoms with Gasteiger partial charge in [-0.15, -0.1) is 0 Å². The summed E-state index contributed by atoms with van der Waals surface area (Å²) in [4.78, 5) is 24.6. The maximum Gasteiger partial charge on any atom is 0.227 e. The first kappa shape index (κ1) is 22.4. The molecular formula is C26H29ClN4O. The minimum Gasteiger partial charge on any atom is -0.326 e. The van der Waals surface area contributed by atoms with Crippen LogP contribution in [0.3, 0.4) is 0 Å². The van der Waals surface area contributed by atoms with Gasteiger partial charge >= 0.3 is 0 Å². The van der Waals surface area contributed by atoms with E-state index < -0.39 is 0 Å². The molecule has 2 aromatic carbocycles. The summed E-state index contributed by atoms with van der Waals surface area (Å²) in [6.45, 7) is 8.57.